The zero-order chi connectivity index (χ0) is 27.3. The predicted octanol–water partition coefficient (Wildman–Crippen LogP) is 5.23. The van der Waals surface area contributed by atoms with Gasteiger partial charge in [-0.05, 0) is 16.7 Å². The van der Waals surface area contributed by atoms with Crippen molar-refractivity contribution in [3.05, 3.63) is 120 Å². The molecule has 7 heteroatoms. The van der Waals surface area contributed by atoms with Crippen molar-refractivity contribution in [1.82, 2.24) is 0 Å². The molecule has 39 heavy (non-hydrogen) atoms. The molecule has 0 N–H and O–H groups in total. The molecule has 3 aromatic carbocycles. The van der Waals surface area contributed by atoms with Gasteiger partial charge in [0.15, 0.2) is 12.4 Å². The number of rotatable bonds is 14. The summed E-state index contributed by atoms with van der Waals surface area (Å²) in [4.78, 5) is 12.2. The molecule has 0 aromatic heterocycles. The first-order chi connectivity index (χ1) is 19.1. The standard InChI is InChI=1S/C32H36O7/c1-3-19-35-30-29(36-21-26-15-9-5-10-16-26)28(23-34-20-25-13-7-4-8-14-25)39-32(31(30)38-24(2)33)37-22-27-17-11-6-12-18-27/h3-18,28-32H,1,19-23H2,2H3/t28-,29-,30+,31-,32+/m1/s1. The van der Waals surface area contributed by atoms with E-state index in [1.165, 1.54) is 6.92 Å². The van der Waals surface area contributed by atoms with Gasteiger partial charge in [0.2, 0.25) is 0 Å². The lowest BCUT2D eigenvalue weighted by molar-refractivity contribution is -0.320. The Morgan fingerprint density at radius 3 is 1.82 bits per heavy atom. The largest absolute Gasteiger partial charge is 0.454 e. The fraction of sp³-hybridized carbons (Fsp3) is 0.344. The van der Waals surface area contributed by atoms with Gasteiger partial charge in [0.1, 0.15) is 18.3 Å². The highest BCUT2D eigenvalue weighted by molar-refractivity contribution is 5.66. The molecule has 1 aliphatic heterocycles. The maximum absolute atomic E-state index is 12.2. The lowest BCUT2D eigenvalue weighted by Crippen LogP contribution is -2.62. The van der Waals surface area contributed by atoms with Crippen LogP contribution in [0.4, 0.5) is 0 Å². The molecule has 4 rings (SSSR count). The first kappa shape index (κ1) is 28.7. The van der Waals surface area contributed by atoms with Crippen LogP contribution >= 0.6 is 0 Å². The molecule has 0 aliphatic carbocycles. The van der Waals surface area contributed by atoms with Gasteiger partial charge in [-0.1, -0.05) is 97.1 Å². The number of benzene rings is 3. The monoisotopic (exact) mass is 532 g/mol. The molecular formula is C32H36O7. The fourth-order valence-electron chi connectivity index (χ4n) is 4.42. The van der Waals surface area contributed by atoms with Gasteiger partial charge in [-0.2, -0.15) is 0 Å². The summed E-state index contributed by atoms with van der Waals surface area (Å²) in [5.74, 6) is -0.468. The molecule has 206 valence electrons. The van der Waals surface area contributed by atoms with E-state index in [-0.39, 0.29) is 19.8 Å². The smallest absolute Gasteiger partial charge is 0.303 e. The summed E-state index contributed by atoms with van der Waals surface area (Å²) in [5, 5.41) is 0. The Kier molecular flexibility index (Phi) is 11.3. The van der Waals surface area contributed by atoms with Crippen LogP contribution in [0.1, 0.15) is 23.6 Å². The Balaban J connectivity index is 1.57. The van der Waals surface area contributed by atoms with Gasteiger partial charge < -0.3 is 28.4 Å². The van der Waals surface area contributed by atoms with Crippen LogP contribution in [0, 0.1) is 0 Å². The highest BCUT2D eigenvalue weighted by Crippen LogP contribution is 2.31. The molecule has 5 atom stereocenters. The molecule has 0 bridgehead atoms. The highest BCUT2D eigenvalue weighted by Gasteiger charge is 2.50. The van der Waals surface area contributed by atoms with Crippen molar-refractivity contribution < 1.29 is 33.2 Å². The van der Waals surface area contributed by atoms with Crippen molar-refractivity contribution in [2.75, 3.05) is 13.2 Å². The number of esters is 1. The molecular weight excluding hydrogens is 496 g/mol. The van der Waals surface area contributed by atoms with Crippen molar-refractivity contribution in [3.63, 3.8) is 0 Å². The Labute approximate surface area is 230 Å². The number of carbonyl (C=O) groups is 1. The number of carbonyl (C=O) groups excluding carboxylic acids is 1. The van der Waals surface area contributed by atoms with E-state index in [0.717, 1.165) is 16.7 Å². The Morgan fingerprint density at radius 2 is 1.28 bits per heavy atom. The summed E-state index contributed by atoms with van der Waals surface area (Å²) in [7, 11) is 0. The summed E-state index contributed by atoms with van der Waals surface area (Å²) in [6.07, 6.45) is -1.96. The predicted molar refractivity (Wildman–Crippen MR) is 146 cm³/mol. The Morgan fingerprint density at radius 1 is 0.744 bits per heavy atom. The zero-order valence-corrected chi connectivity index (χ0v) is 22.2. The van der Waals surface area contributed by atoms with Gasteiger partial charge in [-0.15, -0.1) is 6.58 Å². The minimum absolute atomic E-state index is 0.223. The first-order valence-electron chi connectivity index (χ1n) is 13.1. The maximum Gasteiger partial charge on any atom is 0.303 e. The third-order valence-electron chi connectivity index (χ3n) is 6.24. The van der Waals surface area contributed by atoms with Crippen molar-refractivity contribution in [2.24, 2.45) is 0 Å². The van der Waals surface area contributed by atoms with E-state index >= 15 is 0 Å². The maximum atomic E-state index is 12.2. The van der Waals surface area contributed by atoms with Crippen LogP contribution in [0.2, 0.25) is 0 Å². The van der Waals surface area contributed by atoms with E-state index in [1.54, 1.807) is 6.08 Å². The third-order valence-corrected chi connectivity index (χ3v) is 6.24. The molecule has 0 spiro atoms. The van der Waals surface area contributed by atoms with Gasteiger partial charge >= 0.3 is 5.97 Å². The second kappa shape index (κ2) is 15.3. The Hall–Kier alpha value is -3.33. The quantitative estimate of drug-likeness (QED) is 0.208. The van der Waals surface area contributed by atoms with Crippen LogP contribution in [-0.2, 0) is 53.0 Å². The van der Waals surface area contributed by atoms with E-state index < -0.39 is 36.7 Å². The number of hydrogen-bond acceptors (Lipinski definition) is 7. The van der Waals surface area contributed by atoms with Crippen LogP contribution in [-0.4, -0.2) is 49.9 Å². The highest BCUT2D eigenvalue weighted by atomic mass is 16.7. The molecule has 0 radical (unpaired) electrons. The summed E-state index contributed by atoms with van der Waals surface area (Å²) in [6.45, 7) is 6.59. The van der Waals surface area contributed by atoms with Gasteiger partial charge in [-0.25, -0.2) is 0 Å². The minimum atomic E-state index is -0.897. The number of hydrogen-bond donors (Lipinski definition) is 0. The topological polar surface area (TPSA) is 72.5 Å². The van der Waals surface area contributed by atoms with Crippen LogP contribution in [0.15, 0.2) is 104 Å². The molecule has 3 aromatic rings. The summed E-state index contributed by atoms with van der Waals surface area (Å²) < 4.78 is 37.0. The van der Waals surface area contributed by atoms with E-state index in [9.17, 15) is 4.79 Å². The van der Waals surface area contributed by atoms with E-state index in [4.69, 9.17) is 28.4 Å². The molecule has 0 amide bonds. The molecule has 0 unspecified atom stereocenters. The molecule has 0 saturated carbocycles. The van der Waals surface area contributed by atoms with E-state index in [2.05, 4.69) is 6.58 Å². The average molecular weight is 533 g/mol. The summed E-state index contributed by atoms with van der Waals surface area (Å²) in [6, 6.07) is 29.5. The van der Waals surface area contributed by atoms with Crippen LogP contribution in [0.25, 0.3) is 0 Å². The molecule has 1 aliphatic rings. The van der Waals surface area contributed by atoms with Crippen molar-refractivity contribution in [2.45, 2.75) is 57.5 Å². The van der Waals surface area contributed by atoms with Crippen molar-refractivity contribution >= 4 is 5.97 Å². The van der Waals surface area contributed by atoms with Gasteiger partial charge in [-0.3, -0.25) is 4.79 Å². The lowest BCUT2D eigenvalue weighted by Gasteiger charge is -2.45. The second-order valence-electron chi connectivity index (χ2n) is 9.26. The van der Waals surface area contributed by atoms with Crippen molar-refractivity contribution in [1.29, 1.82) is 0 Å². The van der Waals surface area contributed by atoms with Crippen LogP contribution in [0.5, 0.6) is 0 Å². The summed E-state index contributed by atoms with van der Waals surface area (Å²) >= 11 is 0. The fourth-order valence-corrected chi connectivity index (χ4v) is 4.42. The second-order valence-corrected chi connectivity index (χ2v) is 9.26. The molecule has 1 fully saturated rings. The summed E-state index contributed by atoms with van der Waals surface area (Å²) in [5.41, 5.74) is 3.00. The van der Waals surface area contributed by atoms with E-state index in [1.807, 2.05) is 91.0 Å². The molecule has 7 nitrogen and oxygen atoms in total. The van der Waals surface area contributed by atoms with Crippen LogP contribution in [0.3, 0.4) is 0 Å². The first-order valence-corrected chi connectivity index (χ1v) is 13.1. The third kappa shape index (κ3) is 8.85. The SMILES string of the molecule is C=CCO[C@@H]1[C@@H](OC(C)=O)[C@@H](OCc2ccccc2)O[C@H](COCc2ccccc2)[C@H]1OCc1ccccc1. The zero-order valence-electron chi connectivity index (χ0n) is 22.2. The molecule has 1 saturated heterocycles. The Bertz CT molecular complexity index is 1120. The molecule has 1 heterocycles. The van der Waals surface area contributed by atoms with Crippen molar-refractivity contribution in [3.8, 4) is 0 Å². The average Bonchev–Trinajstić information content (AvgIpc) is 2.96. The van der Waals surface area contributed by atoms with E-state index in [0.29, 0.717) is 13.2 Å². The lowest BCUT2D eigenvalue weighted by atomic mass is 9.98. The van der Waals surface area contributed by atoms with Gasteiger partial charge in [0, 0.05) is 6.92 Å². The normalized spacial score (nSPS) is 22.7. The minimum Gasteiger partial charge on any atom is -0.454 e. The number of ether oxygens (including phenoxy) is 6. The van der Waals surface area contributed by atoms with Gasteiger partial charge in [0.25, 0.3) is 0 Å². The van der Waals surface area contributed by atoms with Gasteiger partial charge in [0.05, 0.1) is 33.0 Å². The van der Waals surface area contributed by atoms with Crippen LogP contribution < -0.4 is 0 Å².